The predicted octanol–water partition coefficient (Wildman–Crippen LogP) is 4.73. The molecule has 7 heteroatoms. The number of anilines is 1. The van der Waals surface area contributed by atoms with Gasteiger partial charge in [0.25, 0.3) is 5.91 Å². The number of carbonyl (C=O) groups is 2. The normalized spacial score (nSPS) is 12.0. The van der Waals surface area contributed by atoms with E-state index < -0.39 is 0 Å². The number of aromatic nitrogens is 1. The number of hydrogen-bond donors (Lipinski definition) is 2. The molecule has 0 aliphatic rings. The summed E-state index contributed by atoms with van der Waals surface area (Å²) in [6, 6.07) is 5.85. The largest absolute Gasteiger partial charge is 0.348 e. The molecule has 1 heterocycles. The highest BCUT2D eigenvalue weighted by Crippen LogP contribution is 2.21. The standard InChI is InChI=1S/C21H30N4O2S/c1-7-16(6)22-20(26)17-12-28-18(23-17)11-25(13(2)3)21(27)24-19-14(4)9-8-10-15(19)5/h8-10,12-13,16H,7,11H2,1-6H3,(H,22,26)(H,24,27)/t16-/m1/s1. The van der Waals surface area contributed by atoms with Gasteiger partial charge in [-0.15, -0.1) is 11.3 Å². The van der Waals surface area contributed by atoms with Crippen molar-refractivity contribution >= 4 is 29.0 Å². The van der Waals surface area contributed by atoms with Crippen LogP contribution in [0, 0.1) is 13.8 Å². The SMILES string of the molecule is CC[C@@H](C)NC(=O)c1csc(CN(C(=O)Nc2c(C)cccc2C)C(C)C)n1. The lowest BCUT2D eigenvalue weighted by Gasteiger charge is -2.27. The molecule has 2 rings (SSSR count). The van der Waals surface area contributed by atoms with E-state index in [0.717, 1.165) is 28.2 Å². The molecule has 0 radical (unpaired) electrons. The topological polar surface area (TPSA) is 74.3 Å². The second-order valence-electron chi connectivity index (χ2n) is 7.33. The summed E-state index contributed by atoms with van der Waals surface area (Å²) in [7, 11) is 0. The lowest BCUT2D eigenvalue weighted by atomic mass is 10.1. The van der Waals surface area contributed by atoms with E-state index in [0.29, 0.717) is 12.2 Å². The molecule has 1 aromatic carbocycles. The zero-order valence-corrected chi connectivity index (χ0v) is 18.3. The molecule has 0 saturated heterocycles. The van der Waals surface area contributed by atoms with Crippen LogP contribution in [-0.2, 0) is 6.54 Å². The molecular weight excluding hydrogens is 372 g/mol. The summed E-state index contributed by atoms with van der Waals surface area (Å²) < 4.78 is 0. The van der Waals surface area contributed by atoms with Gasteiger partial charge in [0.15, 0.2) is 0 Å². The van der Waals surface area contributed by atoms with Crippen LogP contribution in [0.5, 0.6) is 0 Å². The van der Waals surface area contributed by atoms with Crippen molar-refractivity contribution in [2.75, 3.05) is 5.32 Å². The smallest absolute Gasteiger partial charge is 0.322 e. The number of hydrogen-bond acceptors (Lipinski definition) is 4. The average molecular weight is 403 g/mol. The van der Waals surface area contributed by atoms with Crippen molar-refractivity contribution in [2.45, 2.75) is 66.6 Å². The van der Waals surface area contributed by atoms with E-state index in [9.17, 15) is 9.59 Å². The summed E-state index contributed by atoms with van der Waals surface area (Å²) in [6.07, 6.45) is 0.863. The first-order valence-corrected chi connectivity index (χ1v) is 10.5. The van der Waals surface area contributed by atoms with Crippen molar-refractivity contribution in [1.29, 1.82) is 0 Å². The quantitative estimate of drug-likeness (QED) is 0.703. The first kappa shape index (κ1) is 21.9. The minimum absolute atomic E-state index is 0.00869. The van der Waals surface area contributed by atoms with Crippen LogP contribution in [0.4, 0.5) is 10.5 Å². The molecule has 0 bridgehead atoms. The minimum Gasteiger partial charge on any atom is -0.348 e. The molecule has 6 nitrogen and oxygen atoms in total. The first-order chi connectivity index (χ1) is 13.2. The van der Waals surface area contributed by atoms with Crippen LogP contribution in [0.25, 0.3) is 0 Å². The van der Waals surface area contributed by atoms with Crippen molar-refractivity contribution in [3.63, 3.8) is 0 Å². The summed E-state index contributed by atoms with van der Waals surface area (Å²) >= 11 is 1.39. The molecule has 2 N–H and O–H groups in total. The fraction of sp³-hybridized carbons (Fsp3) is 0.476. The van der Waals surface area contributed by atoms with Crippen LogP contribution in [0.2, 0.25) is 0 Å². The van der Waals surface area contributed by atoms with Gasteiger partial charge in [-0.3, -0.25) is 4.79 Å². The van der Waals surface area contributed by atoms with E-state index in [2.05, 4.69) is 15.6 Å². The summed E-state index contributed by atoms with van der Waals surface area (Å²) in [4.78, 5) is 31.3. The zero-order valence-electron chi connectivity index (χ0n) is 17.5. The van der Waals surface area contributed by atoms with E-state index in [-0.39, 0.29) is 24.0 Å². The Morgan fingerprint density at radius 3 is 2.39 bits per heavy atom. The molecule has 0 aliphatic heterocycles. The third-order valence-corrected chi connectivity index (χ3v) is 5.51. The van der Waals surface area contributed by atoms with Gasteiger partial charge in [0, 0.05) is 23.2 Å². The van der Waals surface area contributed by atoms with E-state index in [1.165, 1.54) is 11.3 Å². The molecule has 1 atom stereocenters. The number of para-hydroxylation sites is 1. The van der Waals surface area contributed by atoms with Crippen molar-refractivity contribution < 1.29 is 9.59 Å². The Kier molecular flexibility index (Phi) is 7.57. The lowest BCUT2D eigenvalue weighted by Crippen LogP contribution is -2.39. The number of thiazole rings is 1. The molecule has 3 amide bonds. The van der Waals surface area contributed by atoms with Gasteiger partial charge in [-0.2, -0.15) is 0 Å². The van der Waals surface area contributed by atoms with Gasteiger partial charge >= 0.3 is 6.03 Å². The Balaban J connectivity index is 2.11. The van der Waals surface area contributed by atoms with Gasteiger partial charge in [-0.1, -0.05) is 25.1 Å². The van der Waals surface area contributed by atoms with E-state index in [4.69, 9.17) is 0 Å². The molecular formula is C21H30N4O2S. The maximum Gasteiger partial charge on any atom is 0.322 e. The van der Waals surface area contributed by atoms with E-state index in [1.807, 2.05) is 59.7 Å². The maximum atomic E-state index is 12.9. The van der Waals surface area contributed by atoms with Crippen molar-refractivity contribution in [3.05, 3.63) is 45.4 Å². The van der Waals surface area contributed by atoms with Gasteiger partial charge in [0.1, 0.15) is 10.7 Å². The Morgan fingerprint density at radius 1 is 1.18 bits per heavy atom. The van der Waals surface area contributed by atoms with Gasteiger partial charge in [-0.25, -0.2) is 9.78 Å². The van der Waals surface area contributed by atoms with Gasteiger partial charge in [-0.05, 0) is 52.2 Å². The van der Waals surface area contributed by atoms with Crippen LogP contribution in [0.1, 0.15) is 60.7 Å². The fourth-order valence-corrected chi connectivity index (χ4v) is 3.48. The second kappa shape index (κ2) is 9.68. The molecule has 28 heavy (non-hydrogen) atoms. The van der Waals surface area contributed by atoms with Crippen LogP contribution in [-0.4, -0.2) is 33.9 Å². The monoisotopic (exact) mass is 402 g/mol. The zero-order chi connectivity index (χ0) is 20.8. The Labute approximate surface area is 171 Å². The summed E-state index contributed by atoms with van der Waals surface area (Å²) in [5, 5.41) is 8.42. The number of urea groups is 1. The molecule has 152 valence electrons. The summed E-state index contributed by atoms with van der Waals surface area (Å²) in [5.41, 5.74) is 3.29. The number of carbonyl (C=O) groups excluding carboxylic acids is 2. The number of benzene rings is 1. The van der Waals surface area contributed by atoms with Gasteiger partial charge in [0.05, 0.1) is 6.54 Å². The Bertz CT molecular complexity index is 811. The predicted molar refractivity (Wildman–Crippen MR) is 115 cm³/mol. The third-order valence-electron chi connectivity index (χ3n) is 4.68. The summed E-state index contributed by atoms with van der Waals surface area (Å²) in [5.74, 6) is -0.173. The van der Waals surface area contributed by atoms with E-state index in [1.54, 1.807) is 10.3 Å². The second-order valence-corrected chi connectivity index (χ2v) is 8.27. The molecule has 0 spiro atoms. The highest BCUT2D eigenvalue weighted by atomic mass is 32.1. The molecule has 0 fully saturated rings. The average Bonchev–Trinajstić information content (AvgIpc) is 3.11. The van der Waals surface area contributed by atoms with Crippen molar-refractivity contribution in [1.82, 2.24) is 15.2 Å². The molecule has 2 aromatic rings. The molecule has 0 unspecified atom stereocenters. The van der Waals surface area contributed by atoms with Crippen molar-refractivity contribution in [2.24, 2.45) is 0 Å². The lowest BCUT2D eigenvalue weighted by molar-refractivity contribution is 0.0934. The number of amides is 3. The highest BCUT2D eigenvalue weighted by molar-refractivity contribution is 7.09. The summed E-state index contributed by atoms with van der Waals surface area (Å²) in [6.45, 7) is 12.2. The number of rotatable bonds is 7. The number of nitrogens with one attached hydrogen (secondary N) is 2. The highest BCUT2D eigenvalue weighted by Gasteiger charge is 2.21. The minimum atomic E-state index is -0.173. The number of aryl methyl sites for hydroxylation is 2. The van der Waals surface area contributed by atoms with Gasteiger partial charge in [0.2, 0.25) is 0 Å². The van der Waals surface area contributed by atoms with Crippen LogP contribution >= 0.6 is 11.3 Å². The Hall–Kier alpha value is -2.41. The molecule has 0 aliphatic carbocycles. The molecule has 1 aromatic heterocycles. The Morgan fingerprint density at radius 2 is 1.82 bits per heavy atom. The van der Waals surface area contributed by atoms with Crippen LogP contribution in [0.3, 0.4) is 0 Å². The fourth-order valence-electron chi connectivity index (χ4n) is 2.71. The number of nitrogens with zero attached hydrogens (tertiary/aromatic N) is 2. The van der Waals surface area contributed by atoms with Crippen molar-refractivity contribution in [3.8, 4) is 0 Å². The maximum absolute atomic E-state index is 12.9. The molecule has 0 saturated carbocycles. The van der Waals surface area contributed by atoms with E-state index >= 15 is 0 Å². The van der Waals surface area contributed by atoms with Crippen LogP contribution < -0.4 is 10.6 Å². The van der Waals surface area contributed by atoms with Gasteiger partial charge < -0.3 is 15.5 Å². The third kappa shape index (κ3) is 5.55. The first-order valence-electron chi connectivity index (χ1n) is 9.62. The van der Waals surface area contributed by atoms with Crippen LogP contribution in [0.15, 0.2) is 23.6 Å².